The van der Waals surface area contributed by atoms with Crippen LogP contribution < -0.4 is 19.1 Å². The fraction of sp³-hybridized carbons (Fsp3) is 0.350. The summed E-state index contributed by atoms with van der Waals surface area (Å²) >= 11 is 0. The van der Waals surface area contributed by atoms with Crippen molar-refractivity contribution in [2.75, 3.05) is 31.3 Å². The number of ether oxygens (including phenoxy) is 2. The number of nitrogens with zero attached hydrogens (tertiary/aromatic N) is 1. The van der Waals surface area contributed by atoms with Crippen LogP contribution in [0.25, 0.3) is 0 Å². The highest BCUT2D eigenvalue weighted by Crippen LogP contribution is 2.23. The monoisotopic (exact) mass is 406 g/mol. The van der Waals surface area contributed by atoms with E-state index in [2.05, 4.69) is 5.32 Å². The largest absolute Gasteiger partial charge is 0.497 e. The number of carbonyl (C=O) groups excluding carboxylic acids is 1. The fourth-order valence-electron chi connectivity index (χ4n) is 2.51. The maximum absolute atomic E-state index is 12.5. The van der Waals surface area contributed by atoms with E-state index in [-0.39, 0.29) is 11.9 Å². The number of sulfonamides is 1. The summed E-state index contributed by atoms with van der Waals surface area (Å²) in [6, 6.07) is 11.9. The molecule has 28 heavy (non-hydrogen) atoms. The predicted octanol–water partition coefficient (Wildman–Crippen LogP) is 2.60. The zero-order valence-corrected chi connectivity index (χ0v) is 17.5. The van der Waals surface area contributed by atoms with E-state index in [1.54, 1.807) is 56.5 Å². The molecule has 0 saturated heterocycles. The molecule has 1 atom stereocenters. The quantitative estimate of drug-likeness (QED) is 0.728. The highest BCUT2D eigenvalue weighted by molar-refractivity contribution is 7.92. The van der Waals surface area contributed by atoms with Gasteiger partial charge in [-0.25, -0.2) is 8.42 Å². The van der Waals surface area contributed by atoms with Gasteiger partial charge in [0.25, 0.3) is 5.91 Å². The summed E-state index contributed by atoms with van der Waals surface area (Å²) in [7, 11) is -0.358. The van der Waals surface area contributed by atoms with E-state index in [4.69, 9.17) is 9.47 Å². The van der Waals surface area contributed by atoms with Gasteiger partial charge in [0.15, 0.2) is 0 Å². The van der Waals surface area contributed by atoms with Gasteiger partial charge in [0.1, 0.15) is 18.1 Å². The van der Waals surface area contributed by atoms with Crippen molar-refractivity contribution in [1.29, 1.82) is 0 Å². The van der Waals surface area contributed by atoms with Gasteiger partial charge in [-0.3, -0.25) is 9.10 Å². The molecule has 2 rings (SSSR count). The van der Waals surface area contributed by atoms with E-state index in [0.29, 0.717) is 23.6 Å². The SMILES string of the molecule is COc1ccc(OCC(C)NC(=O)c2ccc(C)c(N(C)S(C)(=O)=O)c2)cc1. The number of hydrogen-bond acceptors (Lipinski definition) is 5. The van der Waals surface area contributed by atoms with E-state index in [0.717, 1.165) is 21.9 Å². The van der Waals surface area contributed by atoms with E-state index >= 15 is 0 Å². The number of rotatable bonds is 8. The predicted molar refractivity (Wildman–Crippen MR) is 110 cm³/mol. The maximum atomic E-state index is 12.5. The van der Waals surface area contributed by atoms with Crippen molar-refractivity contribution in [2.45, 2.75) is 19.9 Å². The van der Waals surface area contributed by atoms with Crippen LogP contribution >= 0.6 is 0 Å². The molecule has 2 aromatic carbocycles. The number of nitrogens with one attached hydrogen (secondary N) is 1. The number of benzene rings is 2. The second-order valence-corrected chi connectivity index (χ2v) is 8.61. The van der Waals surface area contributed by atoms with E-state index < -0.39 is 10.0 Å². The summed E-state index contributed by atoms with van der Waals surface area (Å²) < 4.78 is 35.5. The molecule has 0 aromatic heterocycles. The van der Waals surface area contributed by atoms with Crippen LogP contribution in [0.4, 0.5) is 5.69 Å². The lowest BCUT2D eigenvalue weighted by Gasteiger charge is -2.20. The highest BCUT2D eigenvalue weighted by Gasteiger charge is 2.17. The third kappa shape index (κ3) is 5.63. The van der Waals surface area contributed by atoms with Crippen LogP contribution in [0.5, 0.6) is 11.5 Å². The van der Waals surface area contributed by atoms with Crippen LogP contribution in [0.1, 0.15) is 22.8 Å². The lowest BCUT2D eigenvalue weighted by molar-refractivity contribution is 0.0926. The van der Waals surface area contributed by atoms with Gasteiger partial charge in [-0.15, -0.1) is 0 Å². The first-order valence-electron chi connectivity index (χ1n) is 8.74. The van der Waals surface area contributed by atoms with Gasteiger partial charge in [0, 0.05) is 12.6 Å². The second-order valence-electron chi connectivity index (χ2n) is 6.59. The molecular weight excluding hydrogens is 380 g/mol. The third-order valence-corrected chi connectivity index (χ3v) is 5.44. The van der Waals surface area contributed by atoms with Crippen LogP contribution in [0.15, 0.2) is 42.5 Å². The first-order valence-corrected chi connectivity index (χ1v) is 10.6. The minimum absolute atomic E-state index is 0.244. The Morgan fingerprint density at radius 1 is 1.14 bits per heavy atom. The molecule has 1 N–H and O–H groups in total. The Kier molecular flexibility index (Phi) is 6.90. The molecule has 0 heterocycles. The zero-order valence-electron chi connectivity index (χ0n) is 16.7. The standard InChI is InChI=1S/C20H26N2O5S/c1-14-6-7-16(12-19(14)22(3)28(5,24)25)20(23)21-15(2)13-27-18-10-8-17(26-4)9-11-18/h6-12,15H,13H2,1-5H3,(H,21,23). The summed E-state index contributed by atoms with van der Waals surface area (Å²) in [5.74, 6) is 1.12. The molecule has 0 aliphatic heterocycles. The molecule has 0 aliphatic rings. The molecule has 0 radical (unpaired) electrons. The van der Waals surface area contributed by atoms with Crippen molar-refractivity contribution in [2.24, 2.45) is 0 Å². The molecule has 0 fully saturated rings. The van der Waals surface area contributed by atoms with Gasteiger partial charge in [-0.05, 0) is 55.8 Å². The molecule has 2 aromatic rings. The lowest BCUT2D eigenvalue weighted by Crippen LogP contribution is -2.37. The topological polar surface area (TPSA) is 84.9 Å². The van der Waals surface area contributed by atoms with Gasteiger partial charge in [0.05, 0.1) is 25.1 Å². The molecular formula is C20H26N2O5S. The molecule has 0 bridgehead atoms. The number of carbonyl (C=O) groups is 1. The molecule has 152 valence electrons. The van der Waals surface area contributed by atoms with E-state index in [9.17, 15) is 13.2 Å². The van der Waals surface area contributed by atoms with Gasteiger partial charge in [-0.2, -0.15) is 0 Å². The average Bonchev–Trinajstić information content (AvgIpc) is 2.65. The van der Waals surface area contributed by atoms with Crippen LogP contribution in [-0.4, -0.2) is 47.4 Å². The van der Waals surface area contributed by atoms with Crippen molar-refractivity contribution in [3.05, 3.63) is 53.6 Å². The number of methoxy groups -OCH3 is 1. The third-order valence-electron chi connectivity index (χ3n) is 4.24. The highest BCUT2D eigenvalue weighted by atomic mass is 32.2. The summed E-state index contributed by atoms with van der Waals surface area (Å²) in [4.78, 5) is 12.5. The molecule has 0 spiro atoms. The molecule has 0 aliphatic carbocycles. The Hall–Kier alpha value is -2.74. The Balaban J connectivity index is 2.01. The van der Waals surface area contributed by atoms with Crippen molar-refractivity contribution in [3.63, 3.8) is 0 Å². The van der Waals surface area contributed by atoms with Gasteiger partial charge in [0.2, 0.25) is 10.0 Å². The summed E-state index contributed by atoms with van der Waals surface area (Å²) in [6.45, 7) is 3.92. The smallest absolute Gasteiger partial charge is 0.251 e. The zero-order chi connectivity index (χ0) is 20.9. The Labute approximate surface area is 166 Å². The average molecular weight is 407 g/mol. The van der Waals surface area contributed by atoms with Crippen LogP contribution in [0.3, 0.4) is 0 Å². The number of aryl methyl sites for hydroxylation is 1. The Morgan fingerprint density at radius 2 is 1.75 bits per heavy atom. The Bertz CT molecular complexity index is 926. The van der Waals surface area contributed by atoms with Crippen LogP contribution in [-0.2, 0) is 10.0 Å². The number of hydrogen-bond donors (Lipinski definition) is 1. The molecule has 7 nitrogen and oxygen atoms in total. The first-order chi connectivity index (χ1) is 13.1. The summed E-state index contributed by atoms with van der Waals surface area (Å²) in [5, 5.41) is 2.86. The van der Waals surface area contributed by atoms with Crippen LogP contribution in [0, 0.1) is 6.92 Å². The molecule has 8 heteroatoms. The number of anilines is 1. The number of amides is 1. The normalized spacial score (nSPS) is 12.2. The van der Waals surface area contributed by atoms with E-state index in [1.165, 1.54) is 7.05 Å². The maximum Gasteiger partial charge on any atom is 0.251 e. The Morgan fingerprint density at radius 3 is 2.32 bits per heavy atom. The van der Waals surface area contributed by atoms with Gasteiger partial charge < -0.3 is 14.8 Å². The van der Waals surface area contributed by atoms with Crippen molar-refractivity contribution >= 4 is 21.6 Å². The molecule has 1 unspecified atom stereocenters. The minimum atomic E-state index is -3.42. The van der Waals surface area contributed by atoms with Crippen molar-refractivity contribution in [1.82, 2.24) is 5.32 Å². The minimum Gasteiger partial charge on any atom is -0.497 e. The van der Waals surface area contributed by atoms with Crippen LogP contribution in [0.2, 0.25) is 0 Å². The van der Waals surface area contributed by atoms with Gasteiger partial charge in [-0.1, -0.05) is 6.07 Å². The summed E-state index contributed by atoms with van der Waals surface area (Å²) in [5.41, 5.74) is 1.62. The van der Waals surface area contributed by atoms with Gasteiger partial charge >= 0.3 is 0 Å². The van der Waals surface area contributed by atoms with Crippen molar-refractivity contribution in [3.8, 4) is 11.5 Å². The van der Waals surface area contributed by atoms with Crippen molar-refractivity contribution < 1.29 is 22.7 Å². The molecule has 0 saturated carbocycles. The first kappa shape index (κ1) is 21.6. The fourth-order valence-corrected chi connectivity index (χ4v) is 3.06. The summed E-state index contributed by atoms with van der Waals surface area (Å²) in [6.07, 6.45) is 1.12. The molecule has 1 amide bonds. The lowest BCUT2D eigenvalue weighted by atomic mass is 10.1. The van der Waals surface area contributed by atoms with E-state index in [1.807, 2.05) is 6.92 Å². The second kappa shape index (κ2) is 8.97.